The zero-order valence-corrected chi connectivity index (χ0v) is 16.2. The molecule has 1 rings (SSSR count). The molecule has 0 aromatic heterocycles. The van der Waals surface area contributed by atoms with E-state index in [1.165, 1.54) is 103 Å². The fourth-order valence-corrected chi connectivity index (χ4v) is 3.37. The molecule has 1 unspecified atom stereocenters. The van der Waals surface area contributed by atoms with Crippen LogP contribution >= 0.6 is 0 Å². The number of epoxide rings is 1. The van der Waals surface area contributed by atoms with Crippen molar-refractivity contribution in [3.05, 3.63) is 0 Å². The summed E-state index contributed by atoms with van der Waals surface area (Å²) in [5.74, 6) is 0. The van der Waals surface area contributed by atoms with Crippen LogP contribution in [0.15, 0.2) is 0 Å². The van der Waals surface area contributed by atoms with Gasteiger partial charge in [0.1, 0.15) is 0 Å². The van der Waals surface area contributed by atoms with E-state index in [-0.39, 0.29) is 0 Å². The summed E-state index contributed by atoms with van der Waals surface area (Å²) in [7, 11) is 0. The summed E-state index contributed by atoms with van der Waals surface area (Å²) in [6, 6.07) is 0. The lowest BCUT2D eigenvalue weighted by Crippen LogP contribution is -2.28. The highest BCUT2D eigenvalue weighted by molar-refractivity contribution is 4.73. The second kappa shape index (κ2) is 15.4. The molecule has 23 heavy (non-hydrogen) atoms. The number of rotatable bonds is 18. The average Bonchev–Trinajstić information content (AvgIpc) is 3.38. The van der Waals surface area contributed by atoms with Gasteiger partial charge in [-0.25, -0.2) is 0 Å². The Labute approximate surface area is 146 Å². The number of nitrogens with zero attached hydrogens (tertiary/aromatic N) is 1. The molecule has 0 aliphatic carbocycles. The van der Waals surface area contributed by atoms with Crippen molar-refractivity contribution in [1.82, 2.24) is 4.90 Å². The van der Waals surface area contributed by atoms with Gasteiger partial charge in [0.2, 0.25) is 0 Å². The number of likely N-dealkylation sites (N-methyl/N-ethyl adjacent to an activating group) is 1. The van der Waals surface area contributed by atoms with Crippen LogP contribution in [0, 0.1) is 0 Å². The first-order chi connectivity index (χ1) is 11.4. The molecule has 138 valence electrons. The maximum atomic E-state index is 5.32. The van der Waals surface area contributed by atoms with E-state index in [9.17, 15) is 0 Å². The van der Waals surface area contributed by atoms with E-state index in [0.717, 1.165) is 13.2 Å². The fraction of sp³-hybridized carbons (Fsp3) is 1.00. The van der Waals surface area contributed by atoms with Gasteiger partial charge < -0.3 is 9.64 Å². The van der Waals surface area contributed by atoms with E-state index in [0.29, 0.717) is 6.10 Å². The number of hydrogen-bond acceptors (Lipinski definition) is 2. The first kappa shape index (κ1) is 21.0. The Morgan fingerprint density at radius 3 is 1.52 bits per heavy atom. The zero-order chi connectivity index (χ0) is 16.6. The van der Waals surface area contributed by atoms with Crippen LogP contribution < -0.4 is 0 Å². The van der Waals surface area contributed by atoms with Crippen molar-refractivity contribution in [2.75, 3.05) is 26.2 Å². The smallest absolute Gasteiger partial charge is 0.0936 e. The van der Waals surface area contributed by atoms with E-state index < -0.39 is 0 Å². The van der Waals surface area contributed by atoms with Gasteiger partial charge in [-0.3, -0.25) is 0 Å². The molecule has 1 aliphatic rings. The fourth-order valence-electron chi connectivity index (χ4n) is 3.37. The maximum absolute atomic E-state index is 5.32. The van der Waals surface area contributed by atoms with Crippen molar-refractivity contribution in [3.63, 3.8) is 0 Å². The van der Waals surface area contributed by atoms with Crippen molar-refractivity contribution < 1.29 is 4.74 Å². The minimum atomic E-state index is 0.557. The van der Waals surface area contributed by atoms with Gasteiger partial charge in [0.05, 0.1) is 12.7 Å². The second-order valence-electron chi connectivity index (χ2n) is 7.44. The van der Waals surface area contributed by atoms with Gasteiger partial charge in [-0.1, -0.05) is 97.3 Å². The molecule has 0 N–H and O–H groups in total. The van der Waals surface area contributed by atoms with Gasteiger partial charge in [-0.15, -0.1) is 0 Å². The summed E-state index contributed by atoms with van der Waals surface area (Å²) in [6.07, 6.45) is 20.8. The highest BCUT2D eigenvalue weighted by atomic mass is 16.6. The molecule has 0 aromatic carbocycles. The standard InChI is InChI=1S/C21H43NO/c1-3-5-6-7-8-9-10-11-12-13-14-15-16-17-18-22(4-2)19-21-20-23-21/h21H,3-20H2,1-2H3. The molecule has 0 bridgehead atoms. The van der Waals surface area contributed by atoms with Crippen molar-refractivity contribution in [1.29, 1.82) is 0 Å². The average molecular weight is 326 g/mol. The van der Waals surface area contributed by atoms with Crippen molar-refractivity contribution in [3.8, 4) is 0 Å². The van der Waals surface area contributed by atoms with Gasteiger partial charge in [0, 0.05) is 6.54 Å². The van der Waals surface area contributed by atoms with Crippen LogP contribution in [-0.2, 0) is 4.74 Å². The molecular weight excluding hydrogens is 282 g/mol. The van der Waals surface area contributed by atoms with Crippen molar-refractivity contribution in [2.45, 2.75) is 110 Å². The van der Waals surface area contributed by atoms with E-state index in [4.69, 9.17) is 4.74 Å². The zero-order valence-electron chi connectivity index (χ0n) is 16.2. The van der Waals surface area contributed by atoms with Crippen molar-refractivity contribution >= 4 is 0 Å². The second-order valence-corrected chi connectivity index (χ2v) is 7.44. The van der Waals surface area contributed by atoms with Crippen LogP contribution in [0.25, 0.3) is 0 Å². The van der Waals surface area contributed by atoms with Crippen LogP contribution in [0.2, 0.25) is 0 Å². The Kier molecular flexibility index (Phi) is 14.1. The minimum Gasteiger partial charge on any atom is -0.372 e. The van der Waals surface area contributed by atoms with Crippen molar-refractivity contribution in [2.24, 2.45) is 0 Å². The molecule has 0 radical (unpaired) electrons. The molecule has 1 heterocycles. The lowest BCUT2D eigenvalue weighted by molar-refractivity contribution is 0.247. The third kappa shape index (κ3) is 14.0. The lowest BCUT2D eigenvalue weighted by Gasteiger charge is -2.18. The molecule has 2 nitrogen and oxygen atoms in total. The SMILES string of the molecule is CCCCCCCCCCCCCCCCN(CC)CC1CO1. The molecule has 1 saturated heterocycles. The normalized spacial score (nSPS) is 17.1. The summed E-state index contributed by atoms with van der Waals surface area (Å²) in [5.41, 5.74) is 0. The summed E-state index contributed by atoms with van der Waals surface area (Å²) in [4.78, 5) is 2.55. The monoisotopic (exact) mass is 325 g/mol. The van der Waals surface area contributed by atoms with Gasteiger partial charge in [0.15, 0.2) is 0 Å². The molecule has 0 aromatic rings. The molecule has 1 fully saturated rings. The van der Waals surface area contributed by atoms with E-state index >= 15 is 0 Å². The van der Waals surface area contributed by atoms with E-state index in [1.54, 1.807) is 0 Å². The van der Waals surface area contributed by atoms with Gasteiger partial charge >= 0.3 is 0 Å². The van der Waals surface area contributed by atoms with Crippen LogP contribution in [0.1, 0.15) is 104 Å². The lowest BCUT2D eigenvalue weighted by atomic mass is 10.0. The highest BCUT2D eigenvalue weighted by Crippen LogP contribution is 2.14. The largest absolute Gasteiger partial charge is 0.372 e. The number of unbranched alkanes of at least 4 members (excludes halogenated alkanes) is 13. The van der Waals surface area contributed by atoms with Crippen LogP contribution in [0.3, 0.4) is 0 Å². The quantitative estimate of drug-likeness (QED) is 0.221. The van der Waals surface area contributed by atoms with E-state index in [2.05, 4.69) is 18.7 Å². The molecule has 1 aliphatic heterocycles. The van der Waals surface area contributed by atoms with Gasteiger partial charge in [0.25, 0.3) is 0 Å². The van der Waals surface area contributed by atoms with Crippen LogP contribution in [0.5, 0.6) is 0 Å². The Morgan fingerprint density at radius 1 is 0.696 bits per heavy atom. The molecular formula is C21H43NO. The molecule has 0 amide bonds. The molecule has 1 atom stereocenters. The maximum Gasteiger partial charge on any atom is 0.0936 e. The first-order valence-corrected chi connectivity index (χ1v) is 10.7. The third-order valence-corrected chi connectivity index (χ3v) is 5.14. The Hall–Kier alpha value is -0.0800. The Balaban J connectivity index is 1.71. The topological polar surface area (TPSA) is 15.8 Å². The Bertz CT molecular complexity index is 240. The molecule has 0 spiro atoms. The van der Waals surface area contributed by atoms with Crippen LogP contribution in [-0.4, -0.2) is 37.2 Å². The summed E-state index contributed by atoms with van der Waals surface area (Å²) >= 11 is 0. The molecule has 2 heteroatoms. The predicted octanol–water partition coefficient (Wildman–Crippen LogP) is 6.19. The third-order valence-electron chi connectivity index (χ3n) is 5.14. The first-order valence-electron chi connectivity index (χ1n) is 10.7. The number of ether oxygens (including phenoxy) is 1. The van der Waals surface area contributed by atoms with Crippen LogP contribution in [0.4, 0.5) is 0 Å². The summed E-state index contributed by atoms with van der Waals surface area (Å²) in [5, 5.41) is 0. The number of hydrogen-bond donors (Lipinski definition) is 0. The van der Waals surface area contributed by atoms with E-state index in [1.807, 2.05) is 0 Å². The summed E-state index contributed by atoms with van der Waals surface area (Å²) < 4.78 is 5.32. The van der Waals surface area contributed by atoms with Gasteiger partial charge in [-0.2, -0.15) is 0 Å². The predicted molar refractivity (Wildman–Crippen MR) is 102 cm³/mol. The molecule has 0 saturated carbocycles. The van der Waals surface area contributed by atoms with Gasteiger partial charge in [-0.05, 0) is 19.5 Å². The summed E-state index contributed by atoms with van der Waals surface area (Å²) in [6.45, 7) is 9.17. The Morgan fingerprint density at radius 2 is 1.13 bits per heavy atom. The highest BCUT2D eigenvalue weighted by Gasteiger charge is 2.24. The minimum absolute atomic E-state index is 0.557.